The molecule has 0 heterocycles. The Hall–Kier alpha value is -1.78. The van der Waals surface area contributed by atoms with Gasteiger partial charge in [0, 0.05) is 11.0 Å². The smallest absolute Gasteiger partial charge is 0.165 e. The number of hydrogen-bond donors (Lipinski definition) is 2. The summed E-state index contributed by atoms with van der Waals surface area (Å²) >= 11 is 0. The first kappa shape index (κ1) is 24.1. The molecule has 0 atom stereocenters. The molecule has 4 nitrogen and oxygen atoms in total. The first-order valence-electron chi connectivity index (χ1n) is 15.7. The van der Waals surface area contributed by atoms with Gasteiger partial charge in [-0.1, -0.05) is 18.2 Å². The Morgan fingerprint density at radius 2 is 1.13 bits per heavy atom. The van der Waals surface area contributed by atoms with Gasteiger partial charge in [0.25, 0.3) is 0 Å². The van der Waals surface area contributed by atoms with Crippen LogP contribution in [0.25, 0.3) is 10.8 Å². The zero-order valence-corrected chi connectivity index (χ0v) is 22.8. The number of aliphatic hydroxyl groups is 2. The number of hydrogen-bond acceptors (Lipinski definition) is 4. The van der Waals surface area contributed by atoms with E-state index in [4.69, 9.17) is 9.47 Å². The van der Waals surface area contributed by atoms with Gasteiger partial charge in [-0.3, -0.25) is 0 Å². The summed E-state index contributed by atoms with van der Waals surface area (Å²) in [6.45, 7) is 0.502. The van der Waals surface area contributed by atoms with Crippen LogP contribution in [0.2, 0.25) is 0 Å². The quantitative estimate of drug-likeness (QED) is 0.420. The van der Waals surface area contributed by atoms with Crippen molar-refractivity contribution in [2.75, 3.05) is 26.4 Å². The second-order valence-electron chi connectivity index (χ2n) is 14.6. The molecule has 0 radical (unpaired) electrons. The number of ether oxygens (including phenoxy) is 2. The summed E-state index contributed by atoms with van der Waals surface area (Å²) in [6.07, 6.45) is 16.5. The van der Waals surface area contributed by atoms with E-state index in [-0.39, 0.29) is 31.8 Å². The molecule has 0 aliphatic heterocycles. The summed E-state index contributed by atoms with van der Waals surface area (Å²) < 4.78 is 12.6. The zero-order chi connectivity index (χ0) is 25.5. The highest BCUT2D eigenvalue weighted by molar-refractivity contribution is 5.92. The van der Waals surface area contributed by atoms with Gasteiger partial charge in [-0.05, 0) is 140 Å². The maximum atomic E-state index is 9.72. The fourth-order valence-electron chi connectivity index (χ4n) is 11.7. The van der Waals surface area contributed by atoms with Crippen LogP contribution in [-0.4, -0.2) is 36.6 Å². The highest BCUT2D eigenvalue weighted by atomic mass is 16.5. The molecule has 0 saturated heterocycles. The molecule has 0 amide bonds. The topological polar surface area (TPSA) is 58.9 Å². The summed E-state index contributed by atoms with van der Waals surface area (Å²) in [6, 6.07) is 9.64. The van der Waals surface area contributed by atoms with E-state index in [2.05, 4.69) is 24.3 Å². The predicted molar refractivity (Wildman–Crippen MR) is 149 cm³/mol. The van der Waals surface area contributed by atoms with Crippen molar-refractivity contribution < 1.29 is 19.7 Å². The Balaban J connectivity index is 1.30. The van der Waals surface area contributed by atoms with Gasteiger partial charge in [-0.25, -0.2) is 0 Å². The molecule has 2 N–H and O–H groups in total. The first-order chi connectivity index (χ1) is 18.6. The monoisotopic (exact) mass is 516 g/mol. The lowest BCUT2D eigenvalue weighted by atomic mass is 9.47. The van der Waals surface area contributed by atoms with Gasteiger partial charge in [0.15, 0.2) is 11.5 Å². The molecule has 204 valence electrons. The van der Waals surface area contributed by atoms with Crippen LogP contribution in [-0.2, 0) is 10.8 Å². The predicted octanol–water partition coefficient (Wildman–Crippen LogP) is 6.52. The van der Waals surface area contributed by atoms with Gasteiger partial charge in [-0.15, -0.1) is 0 Å². The molecule has 8 saturated carbocycles. The normalized spacial score (nSPS) is 40.3. The summed E-state index contributed by atoms with van der Waals surface area (Å²) in [4.78, 5) is 0. The minimum atomic E-state index is -0.0164. The molecule has 8 bridgehead atoms. The van der Waals surface area contributed by atoms with Crippen molar-refractivity contribution >= 4 is 10.8 Å². The van der Waals surface area contributed by atoms with Crippen molar-refractivity contribution in [2.24, 2.45) is 35.5 Å². The molecular weight excluding hydrogens is 472 g/mol. The highest BCUT2D eigenvalue weighted by Crippen LogP contribution is 2.65. The van der Waals surface area contributed by atoms with Crippen LogP contribution in [0.4, 0.5) is 0 Å². The van der Waals surface area contributed by atoms with E-state index >= 15 is 0 Å². The summed E-state index contributed by atoms with van der Waals surface area (Å²) in [7, 11) is 0. The van der Waals surface area contributed by atoms with Gasteiger partial charge in [0.05, 0.1) is 13.2 Å². The molecule has 2 aromatic carbocycles. The van der Waals surface area contributed by atoms with Crippen LogP contribution < -0.4 is 9.47 Å². The third-order valence-corrected chi connectivity index (χ3v) is 12.0. The summed E-state index contributed by atoms with van der Waals surface area (Å²) in [5, 5.41) is 22.0. The molecule has 38 heavy (non-hydrogen) atoms. The Labute approximate surface area is 227 Å². The SMILES string of the molecule is OCCOc1cc2cc(C34CC5CC(CC(C5)C3)C4)ccc2c(C23CC4CC(CC(C4)C2)C3)c1OCCO. The minimum Gasteiger partial charge on any atom is -0.487 e. The minimum absolute atomic E-state index is 0.0112. The Morgan fingerprint density at radius 1 is 0.632 bits per heavy atom. The van der Waals surface area contributed by atoms with E-state index < -0.39 is 0 Å². The molecule has 0 unspecified atom stereocenters. The summed E-state index contributed by atoms with van der Waals surface area (Å²) in [5.41, 5.74) is 3.41. The molecule has 8 aliphatic rings. The van der Waals surface area contributed by atoms with Gasteiger partial charge in [0.1, 0.15) is 13.2 Å². The second-order valence-corrected chi connectivity index (χ2v) is 14.6. The van der Waals surface area contributed by atoms with Gasteiger partial charge >= 0.3 is 0 Å². The molecule has 8 fully saturated rings. The third kappa shape index (κ3) is 3.69. The lowest BCUT2D eigenvalue weighted by molar-refractivity contribution is -0.00603. The molecule has 0 spiro atoms. The molecule has 10 rings (SSSR count). The van der Waals surface area contributed by atoms with Crippen LogP contribution in [0.15, 0.2) is 24.3 Å². The Kier molecular flexibility index (Phi) is 5.61. The van der Waals surface area contributed by atoms with Gasteiger partial charge < -0.3 is 19.7 Å². The van der Waals surface area contributed by atoms with E-state index in [1.165, 1.54) is 93.4 Å². The fraction of sp³-hybridized carbons (Fsp3) is 0.706. The maximum absolute atomic E-state index is 9.72. The fourth-order valence-corrected chi connectivity index (χ4v) is 11.7. The van der Waals surface area contributed by atoms with E-state index in [0.717, 1.165) is 47.0 Å². The van der Waals surface area contributed by atoms with Crippen LogP contribution in [0.3, 0.4) is 0 Å². The Morgan fingerprint density at radius 3 is 1.66 bits per heavy atom. The number of rotatable bonds is 8. The van der Waals surface area contributed by atoms with Gasteiger partial charge in [0.2, 0.25) is 0 Å². The number of fused-ring (bicyclic) bond motifs is 1. The van der Waals surface area contributed by atoms with Crippen molar-refractivity contribution in [1.82, 2.24) is 0 Å². The first-order valence-corrected chi connectivity index (χ1v) is 15.7. The third-order valence-electron chi connectivity index (χ3n) is 12.0. The molecular formula is C34H44O4. The standard InChI is InChI=1S/C34H44O4/c35-3-5-37-30-14-27-13-28(33-15-21-7-22(16-33)9-23(8-21)17-33)1-2-29(27)31(32(30)38-6-4-36)34-18-24-10-25(19-34)12-26(11-24)20-34/h1-2,13-14,21-26,35-36H,3-12,15-20H2. The zero-order valence-electron chi connectivity index (χ0n) is 22.8. The number of aliphatic hydroxyl groups excluding tert-OH is 2. The molecule has 2 aromatic rings. The van der Waals surface area contributed by atoms with Crippen LogP contribution in [0, 0.1) is 35.5 Å². The molecule has 0 aromatic heterocycles. The average Bonchev–Trinajstić information content (AvgIpc) is 2.88. The largest absolute Gasteiger partial charge is 0.487 e. The highest BCUT2D eigenvalue weighted by Gasteiger charge is 2.54. The molecule has 4 heteroatoms. The summed E-state index contributed by atoms with van der Waals surface area (Å²) in [5.74, 6) is 6.87. The lowest BCUT2D eigenvalue weighted by Crippen LogP contribution is -2.49. The maximum Gasteiger partial charge on any atom is 0.165 e. The van der Waals surface area contributed by atoms with Crippen molar-refractivity contribution in [2.45, 2.75) is 87.9 Å². The van der Waals surface area contributed by atoms with E-state index in [9.17, 15) is 10.2 Å². The van der Waals surface area contributed by atoms with E-state index in [1.54, 1.807) is 5.56 Å². The lowest BCUT2D eigenvalue weighted by Gasteiger charge is -2.57. The Bertz CT molecular complexity index is 1160. The van der Waals surface area contributed by atoms with Crippen molar-refractivity contribution in [3.05, 3.63) is 35.4 Å². The second kappa shape index (κ2) is 8.86. The van der Waals surface area contributed by atoms with Gasteiger partial charge in [-0.2, -0.15) is 0 Å². The van der Waals surface area contributed by atoms with Crippen molar-refractivity contribution in [3.8, 4) is 11.5 Å². The van der Waals surface area contributed by atoms with Crippen molar-refractivity contribution in [3.63, 3.8) is 0 Å². The van der Waals surface area contributed by atoms with Crippen LogP contribution in [0.1, 0.15) is 88.2 Å². The van der Waals surface area contributed by atoms with E-state index in [0.29, 0.717) is 5.41 Å². The average molecular weight is 517 g/mol. The van der Waals surface area contributed by atoms with Crippen molar-refractivity contribution in [1.29, 1.82) is 0 Å². The van der Waals surface area contributed by atoms with E-state index in [1.807, 2.05) is 0 Å². The number of benzene rings is 2. The molecule has 8 aliphatic carbocycles. The van der Waals surface area contributed by atoms with Crippen LogP contribution >= 0.6 is 0 Å². The van der Waals surface area contributed by atoms with Crippen LogP contribution in [0.5, 0.6) is 11.5 Å².